The number of pyridine rings is 1. The van der Waals surface area contributed by atoms with Crippen LogP contribution in [0, 0.1) is 0 Å². The van der Waals surface area contributed by atoms with Gasteiger partial charge in [0, 0.05) is 12.7 Å². The van der Waals surface area contributed by atoms with E-state index >= 15 is 0 Å². The molecule has 4 nitrogen and oxygen atoms in total. The predicted molar refractivity (Wildman–Crippen MR) is 90.8 cm³/mol. The van der Waals surface area contributed by atoms with E-state index in [4.69, 9.17) is 9.47 Å². The summed E-state index contributed by atoms with van der Waals surface area (Å²) in [4.78, 5) is 4.33. The van der Waals surface area contributed by atoms with Crippen LogP contribution in [0.25, 0.3) is 10.2 Å². The second kappa shape index (κ2) is 7.24. The summed E-state index contributed by atoms with van der Waals surface area (Å²) >= 11 is 1.70. The molecule has 0 unspecified atom stereocenters. The fourth-order valence-electron chi connectivity index (χ4n) is 2.22. The fraction of sp³-hybridized carbons (Fsp3) is 0.235. The van der Waals surface area contributed by atoms with Crippen LogP contribution < -0.4 is 10.1 Å². The van der Waals surface area contributed by atoms with Crippen molar-refractivity contribution in [3.05, 3.63) is 53.5 Å². The summed E-state index contributed by atoms with van der Waals surface area (Å²) in [5.41, 5.74) is 3.26. The summed E-state index contributed by atoms with van der Waals surface area (Å²) in [6.07, 6.45) is 1.83. The minimum absolute atomic E-state index is 0.587. The number of hydrogen-bond donors (Lipinski definition) is 1. The Morgan fingerprint density at radius 1 is 1.23 bits per heavy atom. The number of benzene rings is 1. The molecule has 0 atom stereocenters. The zero-order valence-electron chi connectivity index (χ0n) is 12.4. The lowest BCUT2D eigenvalue weighted by Crippen LogP contribution is -2.09. The molecule has 0 amide bonds. The minimum atomic E-state index is 0.587. The average Bonchev–Trinajstić information content (AvgIpc) is 3.04. The third kappa shape index (κ3) is 3.55. The summed E-state index contributed by atoms with van der Waals surface area (Å²) in [7, 11) is 1.67. The van der Waals surface area contributed by atoms with Crippen LogP contribution in [-0.2, 0) is 11.3 Å². The van der Waals surface area contributed by atoms with Crippen molar-refractivity contribution in [3.63, 3.8) is 0 Å². The number of hydrogen-bond acceptors (Lipinski definition) is 5. The highest BCUT2D eigenvalue weighted by Crippen LogP contribution is 2.26. The van der Waals surface area contributed by atoms with Crippen molar-refractivity contribution in [1.82, 2.24) is 4.98 Å². The third-order valence-corrected chi connectivity index (χ3v) is 4.25. The Morgan fingerprint density at radius 3 is 3.09 bits per heavy atom. The molecule has 22 heavy (non-hydrogen) atoms. The molecular formula is C17H18N2O2S. The molecule has 0 aliphatic rings. The molecule has 0 saturated heterocycles. The van der Waals surface area contributed by atoms with Crippen LogP contribution >= 0.6 is 11.3 Å². The van der Waals surface area contributed by atoms with Crippen LogP contribution in [0.2, 0.25) is 0 Å². The van der Waals surface area contributed by atoms with Gasteiger partial charge in [-0.25, -0.2) is 0 Å². The first-order chi connectivity index (χ1) is 10.9. The van der Waals surface area contributed by atoms with Gasteiger partial charge in [-0.05, 0) is 35.2 Å². The smallest absolute Gasteiger partial charge is 0.119 e. The molecule has 2 heterocycles. The lowest BCUT2D eigenvalue weighted by molar-refractivity contribution is 0.130. The molecule has 0 spiro atoms. The van der Waals surface area contributed by atoms with E-state index in [-0.39, 0.29) is 0 Å². The van der Waals surface area contributed by atoms with Gasteiger partial charge in [0.1, 0.15) is 5.75 Å². The summed E-state index contributed by atoms with van der Waals surface area (Å²) in [5, 5.41) is 5.46. The van der Waals surface area contributed by atoms with E-state index in [1.54, 1.807) is 18.4 Å². The first kappa shape index (κ1) is 14.8. The quantitative estimate of drug-likeness (QED) is 0.671. The van der Waals surface area contributed by atoms with Gasteiger partial charge in [0.05, 0.1) is 36.2 Å². The fourth-order valence-corrected chi connectivity index (χ4v) is 3.06. The Balaban J connectivity index is 1.46. The van der Waals surface area contributed by atoms with E-state index in [2.05, 4.69) is 15.7 Å². The SMILES string of the molecule is COc1cccc(COCCNc2ccnc3ccsc23)c1. The molecule has 1 N–H and O–H groups in total. The van der Waals surface area contributed by atoms with Crippen molar-refractivity contribution in [2.75, 3.05) is 25.6 Å². The zero-order valence-corrected chi connectivity index (χ0v) is 13.2. The maximum absolute atomic E-state index is 5.70. The molecule has 3 aromatic rings. The molecule has 0 fully saturated rings. The van der Waals surface area contributed by atoms with Gasteiger partial charge in [-0.3, -0.25) is 4.98 Å². The molecule has 0 bridgehead atoms. The van der Waals surface area contributed by atoms with Gasteiger partial charge >= 0.3 is 0 Å². The summed E-state index contributed by atoms with van der Waals surface area (Å²) in [5.74, 6) is 0.857. The van der Waals surface area contributed by atoms with Crippen LogP contribution in [0.3, 0.4) is 0 Å². The van der Waals surface area contributed by atoms with Gasteiger partial charge in [-0.15, -0.1) is 11.3 Å². The maximum atomic E-state index is 5.70. The number of nitrogens with zero attached hydrogens (tertiary/aromatic N) is 1. The third-order valence-electron chi connectivity index (χ3n) is 3.31. The minimum Gasteiger partial charge on any atom is -0.497 e. The largest absolute Gasteiger partial charge is 0.497 e. The highest BCUT2D eigenvalue weighted by molar-refractivity contribution is 7.17. The van der Waals surface area contributed by atoms with Crippen molar-refractivity contribution >= 4 is 27.2 Å². The molecule has 0 saturated carbocycles. The molecule has 114 valence electrons. The number of methoxy groups -OCH3 is 1. The zero-order chi connectivity index (χ0) is 15.2. The number of ether oxygens (including phenoxy) is 2. The molecule has 5 heteroatoms. The molecule has 0 aliphatic heterocycles. The number of rotatable bonds is 7. The van der Waals surface area contributed by atoms with Crippen LogP contribution in [0.15, 0.2) is 48.0 Å². The van der Waals surface area contributed by atoms with Gasteiger partial charge in [0.25, 0.3) is 0 Å². The van der Waals surface area contributed by atoms with Crippen LogP contribution in [0.1, 0.15) is 5.56 Å². The Morgan fingerprint density at radius 2 is 2.18 bits per heavy atom. The van der Waals surface area contributed by atoms with Gasteiger partial charge < -0.3 is 14.8 Å². The molecule has 0 aliphatic carbocycles. The molecule has 1 aromatic carbocycles. The van der Waals surface area contributed by atoms with Crippen molar-refractivity contribution in [2.45, 2.75) is 6.61 Å². The number of aromatic nitrogens is 1. The van der Waals surface area contributed by atoms with Gasteiger partial charge in [0.2, 0.25) is 0 Å². The summed E-state index contributed by atoms with van der Waals surface area (Å²) < 4.78 is 12.1. The van der Waals surface area contributed by atoms with E-state index in [0.29, 0.717) is 13.2 Å². The molecule has 3 rings (SSSR count). The maximum Gasteiger partial charge on any atom is 0.119 e. The Labute approximate surface area is 133 Å². The van der Waals surface area contributed by atoms with Crippen LogP contribution in [0.4, 0.5) is 5.69 Å². The van der Waals surface area contributed by atoms with Gasteiger partial charge in [-0.1, -0.05) is 12.1 Å². The van der Waals surface area contributed by atoms with Gasteiger partial charge in [0.15, 0.2) is 0 Å². The number of anilines is 1. The second-order valence-corrected chi connectivity index (χ2v) is 5.74. The highest BCUT2D eigenvalue weighted by atomic mass is 32.1. The van der Waals surface area contributed by atoms with Crippen molar-refractivity contribution in [3.8, 4) is 5.75 Å². The monoisotopic (exact) mass is 314 g/mol. The van der Waals surface area contributed by atoms with E-state index in [0.717, 1.165) is 29.1 Å². The topological polar surface area (TPSA) is 43.4 Å². The van der Waals surface area contributed by atoms with E-state index in [1.165, 1.54) is 4.70 Å². The standard InChI is InChI=1S/C17H18N2O2S/c1-20-14-4-2-3-13(11-14)12-21-9-8-19-15-5-7-18-16-6-10-22-17(15)16/h2-7,10-11H,8-9,12H2,1H3,(H,18,19). The Bertz CT molecular complexity index is 742. The van der Waals surface area contributed by atoms with Crippen molar-refractivity contribution in [1.29, 1.82) is 0 Å². The first-order valence-corrected chi connectivity index (χ1v) is 8.01. The number of nitrogens with one attached hydrogen (secondary N) is 1. The first-order valence-electron chi connectivity index (χ1n) is 7.13. The lowest BCUT2D eigenvalue weighted by atomic mass is 10.2. The van der Waals surface area contributed by atoms with Crippen molar-refractivity contribution < 1.29 is 9.47 Å². The highest BCUT2D eigenvalue weighted by Gasteiger charge is 2.02. The molecule has 2 aromatic heterocycles. The Kier molecular flexibility index (Phi) is 4.88. The molecular weight excluding hydrogens is 296 g/mol. The lowest BCUT2D eigenvalue weighted by Gasteiger charge is -2.09. The predicted octanol–water partition coefficient (Wildman–Crippen LogP) is 3.93. The van der Waals surface area contributed by atoms with Crippen LogP contribution in [-0.4, -0.2) is 25.2 Å². The Hall–Kier alpha value is -2.11. The van der Waals surface area contributed by atoms with E-state index < -0.39 is 0 Å². The molecule has 0 radical (unpaired) electrons. The van der Waals surface area contributed by atoms with Crippen molar-refractivity contribution in [2.24, 2.45) is 0 Å². The average molecular weight is 314 g/mol. The summed E-state index contributed by atoms with van der Waals surface area (Å²) in [6.45, 7) is 2.00. The number of thiophene rings is 1. The van der Waals surface area contributed by atoms with E-state index in [9.17, 15) is 0 Å². The number of fused-ring (bicyclic) bond motifs is 1. The normalized spacial score (nSPS) is 10.8. The van der Waals surface area contributed by atoms with Crippen LogP contribution in [0.5, 0.6) is 5.75 Å². The summed E-state index contributed by atoms with van der Waals surface area (Å²) in [6, 6.07) is 12.0. The van der Waals surface area contributed by atoms with E-state index in [1.807, 2.05) is 42.6 Å². The van der Waals surface area contributed by atoms with Gasteiger partial charge in [-0.2, -0.15) is 0 Å². The second-order valence-electron chi connectivity index (χ2n) is 4.82.